The molecule has 0 fully saturated rings. The van der Waals surface area contributed by atoms with E-state index < -0.39 is 23.1 Å². The van der Waals surface area contributed by atoms with Crippen LogP contribution < -0.4 is 0 Å². The van der Waals surface area contributed by atoms with Crippen LogP contribution in [-0.4, -0.2) is 0 Å². The number of halogens is 7. The first-order valence-electron chi connectivity index (χ1n) is 5.22. The van der Waals surface area contributed by atoms with Crippen molar-refractivity contribution in [2.24, 2.45) is 0 Å². The molecule has 2 aromatic carbocycles. The Kier molecular flexibility index (Phi) is 4.19. The van der Waals surface area contributed by atoms with Crippen molar-refractivity contribution in [3.8, 4) is 11.1 Å². The van der Waals surface area contributed by atoms with Crippen LogP contribution in [0.2, 0.25) is 15.1 Å². The summed E-state index contributed by atoms with van der Waals surface area (Å²) in [6, 6.07) is 4.60. The molecule has 0 radical (unpaired) electrons. The maximum atomic E-state index is 13.3. The van der Waals surface area contributed by atoms with Gasteiger partial charge in [0.1, 0.15) is 5.82 Å². The second-order valence-electron chi connectivity index (χ2n) is 3.93. The second kappa shape index (κ2) is 5.43. The molecule has 0 saturated heterocycles. The Labute approximate surface area is 126 Å². The van der Waals surface area contributed by atoms with E-state index >= 15 is 0 Å². The van der Waals surface area contributed by atoms with E-state index in [0.29, 0.717) is 6.07 Å². The Morgan fingerprint density at radius 2 is 1.40 bits per heavy atom. The molecule has 0 N–H and O–H groups in total. The van der Waals surface area contributed by atoms with Gasteiger partial charge >= 0.3 is 6.18 Å². The smallest absolute Gasteiger partial charge is 0.207 e. The van der Waals surface area contributed by atoms with Gasteiger partial charge in [-0.15, -0.1) is 0 Å². The third-order valence-corrected chi connectivity index (χ3v) is 3.38. The Morgan fingerprint density at radius 1 is 0.850 bits per heavy atom. The van der Waals surface area contributed by atoms with Gasteiger partial charge in [-0.3, -0.25) is 0 Å². The van der Waals surface area contributed by atoms with Crippen LogP contribution in [0.4, 0.5) is 17.6 Å². The quantitative estimate of drug-likeness (QED) is 0.520. The van der Waals surface area contributed by atoms with E-state index in [9.17, 15) is 17.6 Å². The molecule has 2 rings (SSSR count). The minimum Gasteiger partial charge on any atom is -0.207 e. The fraction of sp³-hybridized carbons (Fsp3) is 0.0769. The van der Waals surface area contributed by atoms with Crippen molar-refractivity contribution in [2.75, 3.05) is 0 Å². The lowest BCUT2D eigenvalue weighted by Crippen LogP contribution is -2.07. The highest BCUT2D eigenvalue weighted by atomic mass is 35.5. The van der Waals surface area contributed by atoms with Crippen LogP contribution in [0.15, 0.2) is 30.3 Å². The first kappa shape index (κ1) is 15.4. The highest BCUT2D eigenvalue weighted by molar-refractivity contribution is 6.41. The Hall–Kier alpha value is -0.970. The molecule has 0 bridgehead atoms. The highest BCUT2D eigenvalue weighted by Crippen LogP contribution is 2.43. The van der Waals surface area contributed by atoms with Crippen LogP contribution in [0, 0.1) is 5.82 Å². The van der Waals surface area contributed by atoms with E-state index in [1.165, 1.54) is 12.1 Å². The summed E-state index contributed by atoms with van der Waals surface area (Å²) in [6.45, 7) is 0. The molecule has 0 nitrogen and oxygen atoms in total. The average Bonchev–Trinajstić information content (AvgIpc) is 2.25. The van der Waals surface area contributed by atoms with E-state index in [1.807, 2.05) is 0 Å². The number of hydrogen-bond donors (Lipinski definition) is 0. The molecule has 0 spiro atoms. The lowest BCUT2D eigenvalue weighted by molar-refractivity contribution is -0.137. The molecule has 106 valence electrons. The Balaban J connectivity index is 2.79. The predicted octanol–water partition coefficient (Wildman–Crippen LogP) is 6.47. The molecular weight excluding hydrogens is 338 g/mol. The number of hydrogen-bond acceptors (Lipinski definition) is 0. The summed E-state index contributed by atoms with van der Waals surface area (Å²) in [5.74, 6) is -0.824. The number of alkyl halides is 3. The maximum absolute atomic E-state index is 13.3. The van der Waals surface area contributed by atoms with Gasteiger partial charge in [0.2, 0.25) is 0 Å². The van der Waals surface area contributed by atoms with Crippen molar-refractivity contribution < 1.29 is 17.6 Å². The van der Waals surface area contributed by atoms with Crippen molar-refractivity contribution >= 4 is 34.8 Å². The largest absolute Gasteiger partial charge is 0.417 e. The summed E-state index contributed by atoms with van der Waals surface area (Å²) in [5.41, 5.74) is -1.56. The van der Waals surface area contributed by atoms with Gasteiger partial charge in [-0.25, -0.2) is 4.39 Å². The monoisotopic (exact) mass is 342 g/mol. The van der Waals surface area contributed by atoms with Crippen LogP contribution in [0.5, 0.6) is 0 Å². The normalized spacial score (nSPS) is 11.8. The van der Waals surface area contributed by atoms with Gasteiger partial charge in [-0.1, -0.05) is 34.8 Å². The SMILES string of the molecule is Fc1ccc(C(F)(F)F)c(-c2c(Cl)cc(Cl)cc2Cl)c1. The van der Waals surface area contributed by atoms with Crippen LogP contribution in [-0.2, 0) is 6.18 Å². The first-order valence-corrected chi connectivity index (χ1v) is 6.35. The Bertz CT molecular complexity index is 642. The van der Waals surface area contributed by atoms with Gasteiger partial charge in [0.05, 0.1) is 15.6 Å². The van der Waals surface area contributed by atoms with Gasteiger partial charge in [0, 0.05) is 10.6 Å². The summed E-state index contributed by atoms with van der Waals surface area (Å²) in [7, 11) is 0. The lowest BCUT2D eigenvalue weighted by atomic mass is 9.99. The topological polar surface area (TPSA) is 0 Å². The third-order valence-electron chi connectivity index (χ3n) is 2.56. The second-order valence-corrected chi connectivity index (χ2v) is 5.18. The van der Waals surface area contributed by atoms with Crippen molar-refractivity contribution in [3.05, 3.63) is 56.8 Å². The van der Waals surface area contributed by atoms with Crippen LogP contribution in [0.25, 0.3) is 11.1 Å². The van der Waals surface area contributed by atoms with E-state index in [-0.39, 0.29) is 20.6 Å². The van der Waals surface area contributed by atoms with Crippen LogP contribution in [0.1, 0.15) is 5.56 Å². The molecule has 0 unspecified atom stereocenters. The summed E-state index contributed by atoms with van der Waals surface area (Å²) in [4.78, 5) is 0. The number of rotatable bonds is 1. The molecule has 0 aliphatic rings. The minimum absolute atomic E-state index is 0.0846. The van der Waals surface area contributed by atoms with Gasteiger partial charge < -0.3 is 0 Å². The lowest BCUT2D eigenvalue weighted by Gasteiger charge is -2.15. The van der Waals surface area contributed by atoms with Crippen molar-refractivity contribution in [1.29, 1.82) is 0 Å². The fourth-order valence-electron chi connectivity index (χ4n) is 1.77. The molecule has 0 heterocycles. The molecule has 0 saturated carbocycles. The van der Waals surface area contributed by atoms with Gasteiger partial charge in [0.25, 0.3) is 0 Å². The molecular formula is C13H5Cl3F4. The van der Waals surface area contributed by atoms with Gasteiger partial charge in [-0.2, -0.15) is 13.2 Å². The van der Waals surface area contributed by atoms with E-state index in [0.717, 1.165) is 12.1 Å². The standard InChI is InChI=1S/C13H5Cl3F4/c14-6-3-10(15)12(11(16)4-6)8-5-7(17)1-2-9(8)13(18,19)20/h1-5H. The van der Waals surface area contributed by atoms with Crippen molar-refractivity contribution in [1.82, 2.24) is 0 Å². The fourth-order valence-corrected chi connectivity index (χ4v) is 2.79. The molecule has 0 aliphatic heterocycles. The van der Waals surface area contributed by atoms with Gasteiger partial charge in [-0.05, 0) is 35.9 Å². The molecule has 20 heavy (non-hydrogen) atoms. The molecule has 0 aromatic heterocycles. The summed E-state index contributed by atoms with van der Waals surface area (Å²) in [6.07, 6.45) is -4.66. The van der Waals surface area contributed by atoms with Crippen molar-refractivity contribution in [3.63, 3.8) is 0 Å². The minimum atomic E-state index is -4.66. The highest BCUT2D eigenvalue weighted by Gasteiger charge is 2.34. The molecule has 7 heteroatoms. The van der Waals surface area contributed by atoms with Crippen molar-refractivity contribution in [2.45, 2.75) is 6.18 Å². The molecule has 2 aromatic rings. The Morgan fingerprint density at radius 3 is 1.90 bits per heavy atom. The zero-order chi connectivity index (χ0) is 15.1. The molecule has 0 amide bonds. The molecule has 0 aliphatic carbocycles. The predicted molar refractivity (Wildman–Crippen MR) is 71.9 cm³/mol. The number of benzene rings is 2. The zero-order valence-corrected chi connectivity index (χ0v) is 11.8. The van der Waals surface area contributed by atoms with Gasteiger partial charge in [0.15, 0.2) is 0 Å². The maximum Gasteiger partial charge on any atom is 0.417 e. The summed E-state index contributed by atoms with van der Waals surface area (Å²) in [5, 5.41) is 0.00547. The van der Waals surface area contributed by atoms with E-state index in [4.69, 9.17) is 34.8 Å². The molecule has 0 atom stereocenters. The van der Waals surface area contributed by atoms with Crippen LogP contribution in [0.3, 0.4) is 0 Å². The zero-order valence-electron chi connectivity index (χ0n) is 9.53. The summed E-state index contributed by atoms with van der Waals surface area (Å²) >= 11 is 17.5. The van der Waals surface area contributed by atoms with E-state index in [1.54, 1.807) is 0 Å². The first-order chi connectivity index (χ1) is 9.20. The summed E-state index contributed by atoms with van der Waals surface area (Å²) < 4.78 is 52.2. The third kappa shape index (κ3) is 3.03. The average molecular weight is 344 g/mol. The van der Waals surface area contributed by atoms with Crippen LogP contribution >= 0.6 is 34.8 Å². The van der Waals surface area contributed by atoms with E-state index in [2.05, 4.69) is 0 Å².